The second kappa shape index (κ2) is 7.45. The van der Waals surface area contributed by atoms with Crippen LogP contribution in [0.4, 0.5) is 0 Å². The van der Waals surface area contributed by atoms with E-state index in [1.165, 1.54) is 0 Å². The van der Waals surface area contributed by atoms with Crippen LogP contribution in [0.25, 0.3) is 32.7 Å². The minimum atomic E-state index is -0.270. The molecule has 0 saturated carbocycles. The van der Waals surface area contributed by atoms with Crippen LogP contribution < -0.4 is 15.0 Å². The lowest BCUT2D eigenvalue weighted by atomic mass is 10.0. The van der Waals surface area contributed by atoms with Gasteiger partial charge in [-0.3, -0.25) is 4.79 Å². The smallest absolute Gasteiger partial charge is 0.259 e. The highest BCUT2D eigenvalue weighted by atomic mass is 16.7. The zero-order chi connectivity index (χ0) is 21.7. The minimum absolute atomic E-state index is 0.136. The van der Waals surface area contributed by atoms with Crippen LogP contribution in [0.2, 0.25) is 0 Å². The molecule has 31 heavy (non-hydrogen) atoms. The molecule has 0 spiro atoms. The highest BCUT2D eigenvalue weighted by Crippen LogP contribution is 2.38. The van der Waals surface area contributed by atoms with Crippen molar-refractivity contribution in [3.05, 3.63) is 45.7 Å². The lowest BCUT2D eigenvalue weighted by Gasteiger charge is -2.17. The van der Waals surface area contributed by atoms with E-state index in [-0.39, 0.29) is 25.6 Å². The van der Waals surface area contributed by atoms with Crippen LogP contribution in [0.3, 0.4) is 0 Å². The third kappa shape index (κ3) is 3.09. The summed E-state index contributed by atoms with van der Waals surface area (Å²) in [6.45, 7) is 0.710. The van der Waals surface area contributed by atoms with Crippen molar-refractivity contribution in [2.24, 2.45) is 0 Å². The van der Waals surface area contributed by atoms with Crippen LogP contribution >= 0.6 is 0 Å². The van der Waals surface area contributed by atoms with Gasteiger partial charge in [0.2, 0.25) is 6.79 Å². The van der Waals surface area contributed by atoms with Crippen LogP contribution in [0.5, 0.6) is 11.5 Å². The molecule has 1 aliphatic heterocycles. The number of fused-ring (bicyclic) bond motifs is 6. The molecule has 2 aromatic heterocycles. The number of ether oxygens (including phenoxy) is 2. The first-order valence-electron chi connectivity index (χ1n) is 9.96. The van der Waals surface area contributed by atoms with E-state index in [1.54, 1.807) is 22.8 Å². The SMILES string of the molecule is CN(C)CCn1c(=O)c2cc(CO)c(CO)cc2c2nnc3cc4c(cc3c21)OCO4. The van der Waals surface area contributed by atoms with Gasteiger partial charge < -0.3 is 29.2 Å². The second-order valence-corrected chi connectivity index (χ2v) is 7.86. The van der Waals surface area contributed by atoms with Gasteiger partial charge >= 0.3 is 0 Å². The van der Waals surface area contributed by atoms with Crippen LogP contribution in [0.1, 0.15) is 11.1 Å². The summed E-state index contributed by atoms with van der Waals surface area (Å²) in [5, 5.41) is 30.1. The summed E-state index contributed by atoms with van der Waals surface area (Å²) in [6.07, 6.45) is 0. The van der Waals surface area contributed by atoms with E-state index in [0.29, 0.717) is 63.0 Å². The molecule has 1 aliphatic rings. The standard InChI is InChI=1S/C22H22N4O5/c1-25(2)3-4-26-21-16-7-18-19(31-11-30-18)8-17(16)23-24-20(21)14-5-12(9-27)13(10-28)6-15(14)22(26)29/h5-8,27-28H,3-4,9-11H2,1-2H3. The van der Waals surface area contributed by atoms with Crippen molar-refractivity contribution < 1.29 is 19.7 Å². The number of pyridine rings is 1. The molecule has 0 atom stereocenters. The Morgan fingerprint density at radius 2 is 1.65 bits per heavy atom. The Morgan fingerprint density at radius 3 is 2.32 bits per heavy atom. The maximum Gasteiger partial charge on any atom is 0.259 e. The maximum absolute atomic E-state index is 13.6. The molecular formula is C22H22N4O5. The van der Waals surface area contributed by atoms with Gasteiger partial charge in [-0.05, 0) is 43.4 Å². The zero-order valence-electron chi connectivity index (χ0n) is 17.3. The van der Waals surface area contributed by atoms with Crippen molar-refractivity contribution in [3.63, 3.8) is 0 Å². The number of aromatic nitrogens is 3. The lowest BCUT2D eigenvalue weighted by Crippen LogP contribution is -2.27. The predicted molar refractivity (Wildman–Crippen MR) is 115 cm³/mol. The molecule has 0 unspecified atom stereocenters. The van der Waals surface area contributed by atoms with Crippen molar-refractivity contribution in [2.45, 2.75) is 19.8 Å². The molecule has 0 amide bonds. The molecule has 5 rings (SSSR count). The van der Waals surface area contributed by atoms with Gasteiger partial charge in [0.15, 0.2) is 11.5 Å². The van der Waals surface area contributed by atoms with E-state index >= 15 is 0 Å². The summed E-state index contributed by atoms with van der Waals surface area (Å²) in [7, 11) is 3.89. The van der Waals surface area contributed by atoms with Gasteiger partial charge in [-0.2, -0.15) is 0 Å². The molecule has 160 valence electrons. The summed E-state index contributed by atoms with van der Waals surface area (Å²) in [4.78, 5) is 15.6. The van der Waals surface area contributed by atoms with E-state index in [2.05, 4.69) is 10.2 Å². The Kier molecular flexibility index (Phi) is 4.73. The van der Waals surface area contributed by atoms with E-state index in [4.69, 9.17) is 9.47 Å². The van der Waals surface area contributed by atoms with Crippen molar-refractivity contribution in [1.82, 2.24) is 19.7 Å². The van der Waals surface area contributed by atoms with Gasteiger partial charge in [0.1, 0.15) is 5.52 Å². The summed E-state index contributed by atoms with van der Waals surface area (Å²) in [5.74, 6) is 1.19. The monoisotopic (exact) mass is 422 g/mol. The number of likely N-dealkylation sites (N-methyl/N-ethyl adjacent to an activating group) is 1. The Bertz CT molecular complexity index is 1400. The number of aliphatic hydroxyl groups excluding tert-OH is 2. The van der Waals surface area contributed by atoms with E-state index < -0.39 is 0 Å². The van der Waals surface area contributed by atoms with Gasteiger partial charge in [0.25, 0.3) is 5.56 Å². The quantitative estimate of drug-likeness (QED) is 0.464. The van der Waals surface area contributed by atoms with E-state index in [0.717, 1.165) is 5.39 Å². The van der Waals surface area contributed by atoms with Crippen LogP contribution in [0, 0.1) is 0 Å². The molecule has 9 nitrogen and oxygen atoms in total. The molecular weight excluding hydrogens is 400 g/mol. The Balaban J connectivity index is 1.94. The molecule has 4 aromatic rings. The molecule has 2 aromatic carbocycles. The van der Waals surface area contributed by atoms with Gasteiger partial charge in [-0.25, -0.2) is 0 Å². The molecule has 9 heteroatoms. The zero-order valence-corrected chi connectivity index (χ0v) is 17.3. The largest absolute Gasteiger partial charge is 0.454 e. The predicted octanol–water partition coefficient (Wildman–Crippen LogP) is 1.37. The van der Waals surface area contributed by atoms with Crippen LogP contribution in [-0.4, -0.2) is 57.3 Å². The highest BCUT2D eigenvalue weighted by molar-refractivity contribution is 6.12. The summed E-state index contributed by atoms with van der Waals surface area (Å²) in [5.41, 5.74) is 2.69. The van der Waals surface area contributed by atoms with E-state index in [9.17, 15) is 15.0 Å². The summed E-state index contributed by atoms with van der Waals surface area (Å²) >= 11 is 0. The van der Waals surface area contributed by atoms with Gasteiger partial charge in [0.05, 0.1) is 24.2 Å². The fourth-order valence-corrected chi connectivity index (χ4v) is 4.05. The number of rotatable bonds is 5. The topological polar surface area (TPSA) is 110 Å². The third-order valence-electron chi connectivity index (χ3n) is 5.68. The molecule has 0 bridgehead atoms. The normalized spacial score (nSPS) is 13.2. The van der Waals surface area contributed by atoms with Crippen molar-refractivity contribution in [3.8, 4) is 11.5 Å². The number of hydrogen-bond donors (Lipinski definition) is 2. The molecule has 0 fully saturated rings. The Morgan fingerprint density at radius 1 is 0.968 bits per heavy atom. The van der Waals surface area contributed by atoms with Crippen LogP contribution in [0.15, 0.2) is 29.1 Å². The lowest BCUT2D eigenvalue weighted by molar-refractivity contribution is 0.174. The molecule has 0 radical (unpaired) electrons. The van der Waals surface area contributed by atoms with Gasteiger partial charge in [-0.15, -0.1) is 10.2 Å². The fourth-order valence-electron chi connectivity index (χ4n) is 4.05. The molecule has 0 saturated heterocycles. The first-order chi connectivity index (χ1) is 15.0. The average molecular weight is 422 g/mol. The van der Waals surface area contributed by atoms with Crippen molar-refractivity contribution in [2.75, 3.05) is 27.4 Å². The summed E-state index contributed by atoms with van der Waals surface area (Å²) < 4.78 is 12.7. The number of benzene rings is 2. The maximum atomic E-state index is 13.6. The first-order valence-corrected chi connectivity index (χ1v) is 9.96. The fraction of sp³-hybridized carbons (Fsp3) is 0.318. The minimum Gasteiger partial charge on any atom is -0.454 e. The summed E-state index contributed by atoms with van der Waals surface area (Å²) in [6, 6.07) is 6.96. The molecule has 3 heterocycles. The van der Waals surface area contributed by atoms with E-state index in [1.807, 2.05) is 25.1 Å². The van der Waals surface area contributed by atoms with Crippen LogP contribution in [-0.2, 0) is 19.8 Å². The number of aliphatic hydroxyl groups is 2. The first kappa shape index (κ1) is 19.7. The number of hydrogen-bond acceptors (Lipinski definition) is 8. The number of nitrogens with zero attached hydrogens (tertiary/aromatic N) is 4. The molecule has 0 aliphatic carbocycles. The molecule has 2 N–H and O–H groups in total. The Hall–Kier alpha value is -3.27. The third-order valence-corrected chi connectivity index (χ3v) is 5.68. The second-order valence-electron chi connectivity index (χ2n) is 7.86. The average Bonchev–Trinajstić information content (AvgIpc) is 3.23. The van der Waals surface area contributed by atoms with Crippen molar-refractivity contribution in [1.29, 1.82) is 0 Å². The highest BCUT2D eigenvalue weighted by Gasteiger charge is 2.21. The van der Waals surface area contributed by atoms with Gasteiger partial charge in [-0.1, -0.05) is 0 Å². The van der Waals surface area contributed by atoms with Crippen molar-refractivity contribution >= 4 is 32.7 Å². The Labute approximate surface area is 177 Å². The van der Waals surface area contributed by atoms with Gasteiger partial charge in [0, 0.05) is 35.3 Å².